The van der Waals surface area contributed by atoms with Gasteiger partial charge in [0.2, 0.25) is 0 Å². The Kier molecular flexibility index (Phi) is 4.31. The first-order chi connectivity index (χ1) is 8.54. The van der Waals surface area contributed by atoms with Crippen LogP contribution in [-0.2, 0) is 16.6 Å². The van der Waals surface area contributed by atoms with Crippen molar-refractivity contribution in [3.8, 4) is 0 Å². The Labute approximate surface area is 111 Å². The van der Waals surface area contributed by atoms with Gasteiger partial charge in [-0.1, -0.05) is 0 Å². The first-order valence-electron chi connectivity index (χ1n) is 5.83. The van der Waals surface area contributed by atoms with Crippen LogP contribution in [-0.4, -0.2) is 43.2 Å². The molecule has 1 saturated heterocycles. The minimum Gasteiger partial charge on any atom is -0.316 e. The van der Waals surface area contributed by atoms with Gasteiger partial charge >= 0.3 is 0 Å². The maximum atomic E-state index is 12.3. The van der Waals surface area contributed by atoms with Crippen LogP contribution in [0.5, 0.6) is 0 Å². The van der Waals surface area contributed by atoms with Gasteiger partial charge < -0.3 is 5.32 Å². The molecule has 6 nitrogen and oxygen atoms in total. The topological polar surface area (TPSA) is 86.9 Å². The lowest BCUT2D eigenvalue weighted by atomic mass is 10.3. The number of hydrogen-bond acceptors (Lipinski definition) is 5. The normalized spacial score (nSPS) is 20.4. The van der Waals surface area contributed by atoms with Crippen LogP contribution in [0.3, 0.4) is 0 Å². The number of aromatic nitrogens is 2. The summed E-state index contributed by atoms with van der Waals surface area (Å²) in [5, 5.41) is 9.74. The zero-order valence-electron chi connectivity index (χ0n) is 10.5. The molecule has 2 heterocycles. The van der Waals surface area contributed by atoms with Gasteiger partial charge in [-0.25, -0.2) is 13.1 Å². The predicted molar refractivity (Wildman–Crippen MR) is 72.1 cm³/mol. The van der Waals surface area contributed by atoms with E-state index in [0.717, 1.165) is 23.6 Å². The van der Waals surface area contributed by atoms with Crippen LogP contribution >= 0.6 is 11.8 Å². The molecule has 3 N–H and O–H groups in total. The molecule has 1 fully saturated rings. The van der Waals surface area contributed by atoms with Crippen molar-refractivity contribution in [3.05, 3.63) is 11.3 Å². The zero-order chi connectivity index (χ0) is 13.2. The molecule has 0 bridgehead atoms. The number of hydrogen-bond donors (Lipinski definition) is 3. The summed E-state index contributed by atoms with van der Waals surface area (Å²) in [6, 6.07) is 0.0273. The Morgan fingerprint density at radius 2 is 2.33 bits per heavy atom. The average molecular weight is 290 g/mol. The van der Waals surface area contributed by atoms with Crippen LogP contribution in [0.2, 0.25) is 0 Å². The van der Waals surface area contributed by atoms with E-state index in [9.17, 15) is 8.42 Å². The van der Waals surface area contributed by atoms with Gasteiger partial charge in [-0.3, -0.25) is 5.10 Å². The van der Waals surface area contributed by atoms with Gasteiger partial charge in [0.15, 0.2) is 5.03 Å². The Morgan fingerprint density at radius 1 is 1.56 bits per heavy atom. The number of aryl methyl sites for hydroxylation is 1. The second-order valence-corrected chi connectivity index (χ2v) is 7.12. The molecule has 0 saturated carbocycles. The summed E-state index contributed by atoms with van der Waals surface area (Å²) in [6.07, 6.45) is 0.884. The highest BCUT2D eigenvalue weighted by Gasteiger charge is 2.27. The Balaban J connectivity index is 2.23. The van der Waals surface area contributed by atoms with Crippen molar-refractivity contribution < 1.29 is 8.42 Å². The standard InChI is InChI=1S/C10H18N4O2S2/c1-7-9(5-11-2)10(13-12-7)18(15,16)14-8-3-4-17-6-8/h8,11,14H,3-6H2,1-2H3,(H,12,13). The van der Waals surface area contributed by atoms with Gasteiger partial charge in [0, 0.05) is 29.6 Å². The number of H-pyrrole nitrogens is 1. The van der Waals surface area contributed by atoms with Crippen molar-refractivity contribution in [2.45, 2.75) is 31.0 Å². The minimum atomic E-state index is -3.52. The van der Waals surface area contributed by atoms with Crippen LogP contribution in [0.25, 0.3) is 0 Å². The maximum absolute atomic E-state index is 12.3. The third kappa shape index (κ3) is 2.87. The molecule has 1 aliphatic heterocycles. The van der Waals surface area contributed by atoms with Gasteiger partial charge in [-0.15, -0.1) is 0 Å². The Bertz CT molecular complexity index is 506. The summed E-state index contributed by atoms with van der Waals surface area (Å²) in [5.41, 5.74) is 1.49. The van der Waals surface area contributed by atoms with Gasteiger partial charge in [-0.2, -0.15) is 16.9 Å². The summed E-state index contributed by atoms with van der Waals surface area (Å²) in [5.74, 6) is 1.85. The maximum Gasteiger partial charge on any atom is 0.260 e. The van der Waals surface area contributed by atoms with Crippen molar-refractivity contribution in [3.63, 3.8) is 0 Å². The van der Waals surface area contributed by atoms with Crippen molar-refractivity contribution in [2.75, 3.05) is 18.6 Å². The second-order valence-electron chi connectivity index (χ2n) is 4.34. The van der Waals surface area contributed by atoms with Crippen molar-refractivity contribution >= 4 is 21.8 Å². The number of thioether (sulfide) groups is 1. The first kappa shape index (κ1) is 13.9. The van der Waals surface area contributed by atoms with Crippen LogP contribution in [0.1, 0.15) is 17.7 Å². The summed E-state index contributed by atoms with van der Waals surface area (Å²) in [6.45, 7) is 2.31. The molecule has 0 spiro atoms. The van der Waals surface area contributed by atoms with Crippen LogP contribution in [0.15, 0.2) is 5.03 Å². The quantitative estimate of drug-likeness (QED) is 0.722. The second kappa shape index (κ2) is 5.60. The first-order valence-corrected chi connectivity index (χ1v) is 8.47. The van der Waals surface area contributed by atoms with Crippen molar-refractivity contribution in [2.24, 2.45) is 0 Å². The predicted octanol–water partition coefficient (Wildman–Crippen LogP) is 0.221. The number of nitrogens with one attached hydrogen (secondary N) is 3. The summed E-state index contributed by atoms with van der Waals surface area (Å²) in [4.78, 5) is 0. The fourth-order valence-electron chi connectivity index (χ4n) is 1.94. The number of rotatable bonds is 5. The fraction of sp³-hybridized carbons (Fsp3) is 0.700. The van der Waals surface area contributed by atoms with E-state index in [1.54, 1.807) is 18.8 Å². The highest BCUT2D eigenvalue weighted by Crippen LogP contribution is 2.21. The molecule has 8 heteroatoms. The Hall–Kier alpha value is -0.570. The molecule has 1 aromatic heterocycles. The molecule has 1 atom stereocenters. The Morgan fingerprint density at radius 3 is 2.94 bits per heavy atom. The van der Waals surface area contributed by atoms with Crippen LogP contribution < -0.4 is 10.0 Å². The molecular formula is C10H18N4O2S2. The van der Waals surface area contributed by atoms with E-state index in [2.05, 4.69) is 20.2 Å². The van der Waals surface area contributed by atoms with E-state index in [-0.39, 0.29) is 11.1 Å². The average Bonchev–Trinajstić information content (AvgIpc) is 2.90. The molecule has 1 aromatic rings. The third-order valence-corrected chi connectivity index (χ3v) is 5.55. The highest BCUT2D eigenvalue weighted by atomic mass is 32.2. The third-order valence-electron chi connectivity index (χ3n) is 2.90. The molecule has 2 rings (SSSR count). The van der Waals surface area contributed by atoms with Gasteiger partial charge in [0.05, 0.1) is 0 Å². The summed E-state index contributed by atoms with van der Waals surface area (Å²) in [7, 11) is -1.74. The van der Waals surface area contributed by atoms with E-state index in [4.69, 9.17) is 0 Å². The molecule has 0 amide bonds. The van der Waals surface area contributed by atoms with E-state index in [1.807, 2.05) is 6.92 Å². The fourth-order valence-corrected chi connectivity index (χ4v) is 4.66. The molecule has 1 aliphatic rings. The smallest absolute Gasteiger partial charge is 0.260 e. The van der Waals surface area contributed by atoms with E-state index in [0.29, 0.717) is 12.1 Å². The van der Waals surface area contributed by atoms with Gasteiger partial charge in [0.1, 0.15) is 0 Å². The molecule has 0 radical (unpaired) electrons. The molecular weight excluding hydrogens is 272 g/mol. The molecule has 18 heavy (non-hydrogen) atoms. The van der Waals surface area contributed by atoms with Crippen LogP contribution in [0.4, 0.5) is 0 Å². The monoisotopic (exact) mass is 290 g/mol. The van der Waals surface area contributed by atoms with Crippen LogP contribution in [0, 0.1) is 6.92 Å². The van der Waals surface area contributed by atoms with E-state index >= 15 is 0 Å². The van der Waals surface area contributed by atoms with Crippen molar-refractivity contribution in [1.29, 1.82) is 0 Å². The van der Waals surface area contributed by atoms with E-state index < -0.39 is 10.0 Å². The lowest BCUT2D eigenvalue weighted by molar-refractivity contribution is 0.557. The lowest BCUT2D eigenvalue weighted by Crippen LogP contribution is -2.35. The van der Waals surface area contributed by atoms with Crippen molar-refractivity contribution in [1.82, 2.24) is 20.2 Å². The molecule has 0 aromatic carbocycles. The molecule has 1 unspecified atom stereocenters. The lowest BCUT2D eigenvalue weighted by Gasteiger charge is -2.11. The largest absolute Gasteiger partial charge is 0.316 e. The molecule has 102 valence electrons. The molecule has 0 aliphatic carbocycles. The highest BCUT2D eigenvalue weighted by molar-refractivity contribution is 7.99. The van der Waals surface area contributed by atoms with E-state index in [1.165, 1.54) is 0 Å². The SMILES string of the molecule is CNCc1c(S(=O)(=O)NC2CCSC2)n[nH]c1C. The number of aromatic amines is 1. The number of sulfonamides is 1. The van der Waals surface area contributed by atoms with Gasteiger partial charge in [0.25, 0.3) is 10.0 Å². The minimum absolute atomic E-state index is 0.0273. The zero-order valence-corrected chi connectivity index (χ0v) is 12.1. The van der Waals surface area contributed by atoms with Gasteiger partial charge in [-0.05, 0) is 26.1 Å². The number of nitrogens with zero attached hydrogens (tertiary/aromatic N) is 1. The summed E-state index contributed by atoms with van der Waals surface area (Å²) < 4.78 is 27.3. The summed E-state index contributed by atoms with van der Waals surface area (Å²) >= 11 is 1.77.